The van der Waals surface area contributed by atoms with Crippen LogP contribution in [0.5, 0.6) is 0 Å². The van der Waals surface area contributed by atoms with Crippen LogP contribution < -0.4 is 5.73 Å². The molecule has 0 fully saturated rings. The zero-order chi connectivity index (χ0) is 14.1. The second-order valence-corrected chi connectivity index (χ2v) is 6.45. The molecule has 2 atom stereocenters. The van der Waals surface area contributed by atoms with E-state index in [1.807, 2.05) is 30.4 Å². The van der Waals surface area contributed by atoms with Crippen LogP contribution in [0.15, 0.2) is 35.7 Å². The lowest BCUT2D eigenvalue weighted by atomic mass is 9.96. The fraction of sp³-hybridized carbons (Fsp3) is 0.375. The molecule has 20 heavy (non-hydrogen) atoms. The van der Waals surface area contributed by atoms with E-state index in [0.29, 0.717) is 0 Å². The first kappa shape index (κ1) is 13.7. The van der Waals surface area contributed by atoms with Crippen LogP contribution in [0.25, 0.3) is 0 Å². The first-order chi connectivity index (χ1) is 9.65. The van der Waals surface area contributed by atoms with E-state index in [4.69, 9.17) is 5.73 Å². The van der Waals surface area contributed by atoms with Crippen LogP contribution in [0.1, 0.15) is 29.0 Å². The van der Waals surface area contributed by atoms with Crippen molar-refractivity contribution in [2.45, 2.75) is 32.0 Å². The highest BCUT2D eigenvalue weighted by atomic mass is 32.1. The van der Waals surface area contributed by atoms with Gasteiger partial charge in [-0.1, -0.05) is 12.1 Å². The summed E-state index contributed by atoms with van der Waals surface area (Å²) in [5.74, 6) is -0.198. The summed E-state index contributed by atoms with van der Waals surface area (Å²) in [6, 6.07) is 9.10. The minimum absolute atomic E-state index is 0.0145. The molecule has 0 bridgehead atoms. The highest BCUT2D eigenvalue weighted by molar-refractivity contribution is 7.10. The fourth-order valence-electron chi connectivity index (χ4n) is 3.01. The number of benzene rings is 1. The zero-order valence-corrected chi connectivity index (χ0v) is 12.4. The van der Waals surface area contributed by atoms with E-state index in [1.54, 1.807) is 0 Å². The van der Waals surface area contributed by atoms with Crippen molar-refractivity contribution in [1.29, 1.82) is 0 Å². The lowest BCUT2D eigenvalue weighted by Gasteiger charge is -2.37. The normalized spacial score (nSPS) is 18.6. The van der Waals surface area contributed by atoms with Crippen molar-refractivity contribution < 1.29 is 4.39 Å². The number of fused-ring (bicyclic) bond motifs is 1. The van der Waals surface area contributed by atoms with Gasteiger partial charge in [0.05, 0.1) is 0 Å². The second-order valence-electron chi connectivity index (χ2n) is 5.44. The maximum absolute atomic E-state index is 13.1. The Hall–Kier alpha value is -1.23. The summed E-state index contributed by atoms with van der Waals surface area (Å²) < 4.78 is 13.1. The Bertz CT molecular complexity index is 576. The van der Waals surface area contributed by atoms with Gasteiger partial charge in [0.1, 0.15) is 5.82 Å². The van der Waals surface area contributed by atoms with Crippen LogP contribution >= 0.6 is 11.3 Å². The molecule has 4 heteroatoms. The van der Waals surface area contributed by atoms with E-state index in [2.05, 4.69) is 16.3 Å². The third-order valence-corrected chi connectivity index (χ3v) is 4.96. The van der Waals surface area contributed by atoms with Crippen molar-refractivity contribution in [1.82, 2.24) is 4.90 Å². The van der Waals surface area contributed by atoms with E-state index in [-0.39, 0.29) is 17.9 Å². The van der Waals surface area contributed by atoms with Crippen molar-refractivity contribution in [2.75, 3.05) is 6.54 Å². The Morgan fingerprint density at radius 3 is 2.70 bits per heavy atom. The summed E-state index contributed by atoms with van der Waals surface area (Å²) in [6.07, 6.45) is 1.08. The van der Waals surface area contributed by atoms with Crippen LogP contribution in [0.2, 0.25) is 0 Å². The maximum Gasteiger partial charge on any atom is 0.123 e. The molecule has 3 rings (SSSR count). The number of thiophene rings is 1. The number of nitrogens with two attached hydrogens (primary N) is 1. The van der Waals surface area contributed by atoms with Crippen molar-refractivity contribution in [3.05, 3.63) is 57.5 Å². The Labute approximate surface area is 123 Å². The average Bonchev–Trinajstić information content (AvgIpc) is 2.88. The SMILES string of the molecule is CC(N)C(c1ccc(F)cc1)N1CCc2sccc2C1. The Kier molecular flexibility index (Phi) is 3.87. The highest BCUT2D eigenvalue weighted by Crippen LogP contribution is 2.31. The minimum atomic E-state index is -0.198. The summed E-state index contributed by atoms with van der Waals surface area (Å²) in [5.41, 5.74) is 8.71. The first-order valence-electron chi connectivity index (χ1n) is 6.95. The zero-order valence-electron chi connectivity index (χ0n) is 11.6. The van der Waals surface area contributed by atoms with Gasteiger partial charge in [-0.25, -0.2) is 4.39 Å². The van der Waals surface area contributed by atoms with Gasteiger partial charge in [-0.2, -0.15) is 0 Å². The molecular formula is C16H19FN2S. The molecule has 106 valence electrons. The van der Waals surface area contributed by atoms with E-state index in [9.17, 15) is 4.39 Å². The number of nitrogens with zero attached hydrogens (tertiary/aromatic N) is 1. The first-order valence-corrected chi connectivity index (χ1v) is 7.83. The lowest BCUT2D eigenvalue weighted by molar-refractivity contribution is 0.161. The summed E-state index contributed by atoms with van der Waals surface area (Å²) in [4.78, 5) is 3.90. The lowest BCUT2D eigenvalue weighted by Crippen LogP contribution is -2.41. The molecule has 2 unspecified atom stereocenters. The molecule has 0 saturated carbocycles. The van der Waals surface area contributed by atoms with Gasteiger partial charge in [0.2, 0.25) is 0 Å². The van der Waals surface area contributed by atoms with E-state index >= 15 is 0 Å². The van der Waals surface area contributed by atoms with Crippen molar-refractivity contribution in [3.8, 4) is 0 Å². The summed E-state index contributed by atoms with van der Waals surface area (Å²) in [7, 11) is 0. The molecule has 0 aliphatic carbocycles. The number of rotatable bonds is 3. The Morgan fingerprint density at radius 1 is 1.25 bits per heavy atom. The van der Waals surface area contributed by atoms with Crippen LogP contribution in [0.3, 0.4) is 0 Å². The van der Waals surface area contributed by atoms with Gasteiger partial charge in [0.15, 0.2) is 0 Å². The van der Waals surface area contributed by atoms with Gasteiger partial charge in [0, 0.05) is 30.1 Å². The molecule has 2 aromatic rings. The number of hydrogen-bond donors (Lipinski definition) is 1. The fourth-order valence-corrected chi connectivity index (χ4v) is 3.90. The second kappa shape index (κ2) is 5.64. The molecule has 0 amide bonds. The molecular weight excluding hydrogens is 271 g/mol. The number of hydrogen-bond acceptors (Lipinski definition) is 3. The smallest absolute Gasteiger partial charge is 0.123 e. The Morgan fingerprint density at radius 2 is 2.00 bits per heavy atom. The largest absolute Gasteiger partial charge is 0.326 e. The van der Waals surface area contributed by atoms with Crippen LogP contribution in [-0.4, -0.2) is 17.5 Å². The molecule has 1 aliphatic rings. The molecule has 0 radical (unpaired) electrons. The van der Waals surface area contributed by atoms with E-state index in [1.165, 1.54) is 22.6 Å². The van der Waals surface area contributed by atoms with Crippen molar-refractivity contribution in [2.24, 2.45) is 5.73 Å². The molecule has 1 aromatic carbocycles. The summed E-state index contributed by atoms with van der Waals surface area (Å²) in [5, 5.41) is 2.16. The van der Waals surface area contributed by atoms with Gasteiger partial charge >= 0.3 is 0 Å². The minimum Gasteiger partial charge on any atom is -0.326 e. The molecule has 0 spiro atoms. The third kappa shape index (κ3) is 2.64. The monoisotopic (exact) mass is 290 g/mol. The standard InChI is InChI=1S/C16H19FN2S/c1-11(18)16(12-2-4-14(17)5-3-12)19-8-6-15-13(10-19)7-9-20-15/h2-5,7,9,11,16H,6,8,10,18H2,1H3. The summed E-state index contributed by atoms with van der Waals surface area (Å²) in [6.45, 7) is 3.97. The predicted octanol–water partition coefficient (Wildman–Crippen LogP) is 3.33. The van der Waals surface area contributed by atoms with Gasteiger partial charge in [0.25, 0.3) is 0 Å². The predicted molar refractivity (Wildman–Crippen MR) is 81.2 cm³/mol. The quantitative estimate of drug-likeness (QED) is 0.939. The van der Waals surface area contributed by atoms with Gasteiger partial charge in [-0.15, -0.1) is 11.3 Å². The maximum atomic E-state index is 13.1. The average molecular weight is 290 g/mol. The van der Waals surface area contributed by atoms with E-state index in [0.717, 1.165) is 25.1 Å². The van der Waals surface area contributed by atoms with Gasteiger partial charge in [-0.3, -0.25) is 4.90 Å². The molecule has 0 saturated heterocycles. The molecule has 2 nitrogen and oxygen atoms in total. The van der Waals surface area contributed by atoms with Crippen LogP contribution in [0, 0.1) is 5.82 Å². The van der Waals surface area contributed by atoms with Crippen LogP contribution in [-0.2, 0) is 13.0 Å². The number of halogens is 1. The molecule has 2 heterocycles. The molecule has 1 aromatic heterocycles. The highest BCUT2D eigenvalue weighted by Gasteiger charge is 2.27. The van der Waals surface area contributed by atoms with Crippen molar-refractivity contribution >= 4 is 11.3 Å². The van der Waals surface area contributed by atoms with Crippen molar-refractivity contribution in [3.63, 3.8) is 0 Å². The third-order valence-electron chi connectivity index (χ3n) is 3.94. The Balaban J connectivity index is 1.87. The van der Waals surface area contributed by atoms with Crippen LogP contribution in [0.4, 0.5) is 4.39 Å². The topological polar surface area (TPSA) is 29.3 Å². The summed E-state index contributed by atoms with van der Waals surface area (Å²) >= 11 is 1.84. The van der Waals surface area contributed by atoms with Gasteiger partial charge in [-0.05, 0) is 48.1 Å². The molecule has 1 aliphatic heterocycles. The van der Waals surface area contributed by atoms with Gasteiger partial charge < -0.3 is 5.73 Å². The van der Waals surface area contributed by atoms with E-state index < -0.39 is 0 Å². The molecule has 2 N–H and O–H groups in total.